The Hall–Kier alpha value is -1.61. The van der Waals surface area contributed by atoms with E-state index in [2.05, 4.69) is 4.98 Å². The highest BCUT2D eigenvalue weighted by Crippen LogP contribution is 2.21. The van der Waals surface area contributed by atoms with Crippen LogP contribution in [0.25, 0.3) is 10.9 Å². The Labute approximate surface area is 98.7 Å². The summed E-state index contributed by atoms with van der Waals surface area (Å²) in [5, 5.41) is 10.1. The fourth-order valence-corrected chi connectivity index (χ4v) is 1.46. The van der Waals surface area contributed by atoms with E-state index in [4.69, 9.17) is 16.7 Å². The van der Waals surface area contributed by atoms with Gasteiger partial charge in [0.2, 0.25) is 0 Å². The van der Waals surface area contributed by atoms with Crippen LogP contribution in [0.3, 0.4) is 0 Å². The molecule has 0 saturated carbocycles. The molecule has 0 aliphatic carbocycles. The molecule has 0 radical (unpaired) electrons. The van der Waals surface area contributed by atoms with Gasteiger partial charge >= 0.3 is 5.97 Å². The molecule has 0 spiro atoms. The maximum atomic E-state index is 10.7. The summed E-state index contributed by atoms with van der Waals surface area (Å²) in [5.74, 6) is -0.964. The largest absolute Gasteiger partial charge is 0.478 e. The van der Waals surface area contributed by atoms with Gasteiger partial charge in [-0.25, -0.2) is 4.79 Å². The van der Waals surface area contributed by atoms with Gasteiger partial charge in [0.25, 0.3) is 0 Å². The first-order valence-electron chi connectivity index (χ1n) is 4.96. The molecule has 0 amide bonds. The second kappa shape index (κ2) is 5.47. The number of aromatic carboxylic acids is 1. The number of carboxylic acid groups (broad SMARTS) is 1. The van der Waals surface area contributed by atoms with Crippen molar-refractivity contribution in [2.75, 3.05) is 0 Å². The number of rotatable bonds is 1. The van der Waals surface area contributed by atoms with Gasteiger partial charge < -0.3 is 5.11 Å². The van der Waals surface area contributed by atoms with E-state index in [1.54, 1.807) is 18.3 Å². The molecule has 0 aliphatic heterocycles. The zero-order valence-electron chi connectivity index (χ0n) is 9.07. The molecule has 0 unspecified atom stereocenters. The molecule has 4 heteroatoms. The van der Waals surface area contributed by atoms with Gasteiger partial charge in [0.1, 0.15) is 0 Å². The summed E-state index contributed by atoms with van der Waals surface area (Å²) >= 11 is 5.90. The maximum absolute atomic E-state index is 10.7. The number of fused-ring (bicyclic) bond motifs is 1. The van der Waals surface area contributed by atoms with E-state index in [-0.39, 0.29) is 5.56 Å². The van der Waals surface area contributed by atoms with Crippen molar-refractivity contribution in [2.45, 2.75) is 13.8 Å². The quantitative estimate of drug-likeness (QED) is 0.824. The van der Waals surface area contributed by atoms with Crippen LogP contribution in [0.5, 0.6) is 0 Å². The standard InChI is InChI=1S/C10H6ClNO2.C2H6/c11-8-3-4-12-9-5-6(10(13)14)1-2-7(8)9;1-2/h1-5H,(H,13,14);1-2H3. The SMILES string of the molecule is CC.O=C(O)c1ccc2c(Cl)ccnc2c1. The molecule has 16 heavy (non-hydrogen) atoms. The molecule has 1 aromatic heterocycles. The summed E-state index contributed by atoms with van der Waals surface area (Å²) in [6.07, 6.45) is 1.55. The first-order chi connectivity index (χ1) is 7.68. The highest BCUT2D eigenvalue weighted by Gasteiger charge is 2.05. The minimum absolute atomic E-state index is 0.215. The second-order valence-electron chi connectivity index (χ2n) is 2.83. The van der Waals surface area contributed by atoms with Crippen molar-refractivity contribution in [3.8, 4) is 0 Å². The molecule has 84 valence electrons. The molecule has 0 atom stereocenters. The topological polar surface area (TPSA) is 50.2 Å². The Morgan fingerprint density at radius 3 is 2.62 bits per heavy atom. The predicted octanol–water partition coefficient (Wildman–Crippen LogP) is 3.61. The zero-order valence-corrected chi connectivity index (χ0v) is 9.82. The van der Waals surface area contributed by atoms with Crippen molar-refractivity contribution in [2.24, 2.45) is 0 Å². The molecule has 0 bridgehead atoms. The number of halogens is 1. The van der Waals surface area contributed by atoms with Crippen molar-refractivity contribution in [1.29, 1.82) is 0 Å². The van der Waals surface area contributed by atoms with Crippen LogP contribution in [-0.2, 0) is 0 Å². The number of benzene rings is 1. The van der Waals surface area contributed by atoms with Gasteiger partial charge in [0, 0.05) is 11.6 Å². The van der Waals surface area contributed by atoms with Crippen LogP contribution in [0, 0.1) is 0 Å². The molecule has 1 heterocycles. The van der Waals surface area contributed by atoms with Crippen molar-refractivity contribution in [1.82, 2.24) is 4.98 Å². The fraction of sp³-hybridized carbons (Fsp3) is 0.167. The smallest absolute Gasteiger partial charge is 0.335 e. The number of nitrogens with zero attached hydrogens (tertiary/aromatic N) is 1. The van der Waals surface area contributed by atoms with Gasteiger partial charge in [-0.1, -0.05) is 31.5 Å². The van der Waals surface area contributed by atoms with E-state index >= 15 is 0 Å². The molecular formula is C12H12ClNO2. The van der Waals surface area contributed by atoms with Crippen molar-refractivity contribution in [3.63, 3.8) is 0 Å². The number of pyridine rings is 1. The first-order valence-corrected chi connectivity index (χ1v) is 5.34. The van der Waals surface area contributed by atoms with Crippen molar-refractivity contribution in [3.05, 3.63) is 41.0 Å². The summed E-state index contributed by atoms with van der Waals surface area (Å²) in [5.41, 5.74) is 0.810. The Morgan fingerprint density at radius 1 is 1.31 bits per heavy atom. The van der Waals surface area contributed by atoms with Crippen LogP contribution < -0.4 is 0 Å². The van der Waals surface area contributed by atoms with Crippen molar-refractivity contribution < 1.29 is 9.90 Å². The lowest BCUT2D eigenvalue weighted by Crippen LogP contribution is -1.95. The molecule has 1 aromatic carbocycles. The summed E-state index contributed by atoms with van der Waals surface area (Å²) in [4.78, 5) is 14.7. The third-order valence-corrected chi connectivity index (χ3v) is 2.27. The average Bonchev–Trinajstić information content (AvgIpc) is 2.31. The van der Waals surface area contributed by atoms with Gasteiger partial charge in [0.15, 0.2) is 0 Å². The van der Waals surface area contributed by atoms with Gasteiger partial charge in [0.05, 0.1) is 16.1 Å². The lowest BCUT2D eigenvalue weighted by molar-refractivity contribution is 0.0697. The monoisotopic (exact) mass is 237 g/mol. The van der Waals surface area contributed by atoms with E-state index in [9.17, 15) is 4.79 Å². The number of aromatic nitrogens is 1. The molecule has 3 nitrogen and oxygen atoms in total. The summed E-state index contributed by atoms with van der Waals surface area (Å²) in [6.45, 7) is 4.00. The van der Waals surface area contributed by atoms with Gasteiger partial charge in [-0.15, -0.1) is 0 Å². The van der Waals surface area contributed by atoms with Gasteiger partial charge in [-0.3, -0.25) is 4.98 Å². The molecule has 0 fully saturated rings. The van der Waals surface area contributed by atoms with Gasteiger partial charge in [-0.2, -0.15) is 0 Å². The van der Waals surface area contributed by atoms with E-state index in [0.717, 1.165) is 5.39 Å². The lowest BCUT2D eigenvalue weighted by atomic mass is 10.1. The van der Waals surface area contributed by atoms with E-state index in [1.165, 1.54) is 12.1 Å². The van der Waals surface area contributed by atoms with Crippen LogP contribution in [-0.4, -0.2) is 16.1 Å². The molecular weight excluding hydrogens is 226 g/mol. The number of hydrogen-bond acceptors (Lipinski definition) is 2. The zero-order chi connectivity index (χ0) is 12.1. The van der Waals surface area contributed by atoms with E-state index in [0.29, 0.717) is 10.5 Å². The molecule has 2 aromatic rings. The van der Waals surface area contributed by atoms with Crippen LogP contribution in [0.15, 0.2) is 30.5 Å². The minimum atomic E-state index is -0.964. The van der Waals surface area contributed by atoms with Crippen LogP contribution in [0.4, 0.5) is 0 Å². The third-order valence-electron chi connectivity index (χ3n) is 1.94. The molecule has 0 aliphatic rings. The van der Waals surface area contributed by atoms with E-state index in [1.807, 2.05) is 13.8 Å². The number of carboxylic acids is 1. The van der Waals surface area contributed by atoms with E-state index < -0.39 is 5.97 Å². The van der Waals surface area contributed by atoms with Crippen LogP contribution in [0.1, 0.15) is 24.2 Å². The summed E-state index contributed by atoms with van der Waals surface area (Å²) in [7, 11) is 0. The molecule has 1 N–H and O–H groups in total. The lowest BCUT2D eigenvalue weighted by Gasteiger charge is -2.00. The third kappa shape index (κ3) is 2.49. The second-order valence-corrected chi connectivity index (χ2v) is 3.24. The Kier molecular flexibility index (Phi) is 4.26. The predicted molar refractivity (Wildman–Crippen MR) is 65.1 cm³/mol. The van der Waals surface area contributed by atoms with Crippen LogP contribution >= 0.6 is 11.6 Å². The molecule has 2 rings (SSSR count). The summed E-state index contributed by atoms with van der Waals surface area (Å²) in [6, 6.07) is 6.35. The van der Waals surface area contributed by atoms with Crippen molar-refractivity contribution >= 4 is 28.5 Å². The fourth-order valence-electron chi connectivity index (χ4n) is 1.25. The first kappa shape index (κ1) is 12.5. The highest BCUT2D eigenvalue weighted by atomic mass is 35.5. The van der Waals surface area contributed by atoms with Crippen LogP contribution in [0.2, 0.25) is 5.02 Å². The minimum Gasteiger partial charge on any atom is -0.478 e. The Balaban J connectivity index is 0.000000606. The maximum Gasteiger partial charge on any atom is 0.335 e. The number of hydrogen-bond donors (Lipinski definition) is 1. The normalized spacial score (nSPS) is 9.44. The Bertz CT molecular complexity index is 511. The average molecular weight is 238 g/mol. The van der Waals surface area contributed by atoms with Gasteiger partial charge in [-0.05, 0) is 18.2 Å². The summed E-state index contributed by atoms with van der Waals surface area (Å²) < 4.78 is 0. The number of carbonyl (C=O) groups is 1. The highest BCUT2D eigenvalue weighted by molar-refractivity contribution is 6.35. The Morgan fingerprint density at radius 2 is 2.00 bits per heavy atom. The molecule has 0 saturated heterocycles.